The molecule has 2 aliphatic rings. The Balaban J connectivity index is 1.96. The zero-order chi connectivity index (χ0) is 17.2. The Bertz CT molecular complexity index is 684. The molecule has 0 aliphatic carbocycles. The summed E-state index contributed by atoms with van der Waals surface area (Å²) in [4.78, 5) is 24.3. The predicted octanol–water partition coefficient (Wildman–Crippen LogP) is 2.18. The van der Waals surface area contributed by atoms with Crippen LogP contribution in [-0.4, -0.2) is 40.3 Å². The van der Waals surface area contributed by atoms with E-state index in [1.807, 2.05) is 33.8 Å². The summed E-state index contributed by atoms with van der Waals surface area (Å²) < 4.78 is 12.0. The van der Waals surface area contributed by atoms with E-state index in [-0.39, 0.29) is 0 Å². The number of carbonyl (C=O) groups is 2. The van der Waals surface area contributed by atoms with Crippen molar-refractivity contribution in [1.82, 2.24) is 4.90 Å². The van der Waals surface area contributed by atoms with E-state index in [4.69, 9.17) is 9.31 Å². The molecule has 2 amide bonds. The zero-order valence-corrected chi connectivity index (χ0v) is 13.9. The number of carboxylic acid groups (broad SMARTS) is 1. The molecule has 0 aromatic heterocycles. The first-order valence-corrected chi connectivity index (χ1v) is 7.61. The maximum Gasteiger partial charge on any atom is 0.494 e. The molecule has 122 valence electrons. The van der Waals surface area contributed by atoms with Crippen LogP contribution in [0, 0.1) is 0 Å². The molecular weight excluding hydrogens is 297 g/mol. The minimum atomic E-state index is -1.24. The number of nitrogens with zero attached hydrogens (tertiary/aromatic N) is 1. The molecule has 1 aromatic carbocycles. The molecule has 0 spiro atoms. The van der Waals surface area contributed by atoms with E-state index in [9.17, 15) is 14.7 Å². The Morgan fingerprint density at radius 1 is 1.22 bits per heavy atom. The third-order valence-electron chi connectivity index (χ3n) is 5.09. The molecule has 23 heavy (non-hydrogen) atoms. The third kappa shape index (κ3) is 2.26. The quantitative estimate of drug-likeness (QED) is 0.804. The topological polar surface area (TPSA) is 76.1 Å². The molecule has 0 bridgehead atoms. The summed E-state index contributed by atoms with van der Waals surface area (Å²) in [6.07, 6.45) is -1.24. The predicted molar refractivity (Wildman–Crippen MR) is 84.8 cm³/mol. The van der Waals surface area contributed by atoms with Crippen LogP contribution in [0.25, 0.3) is 0 Å². The fourth-order valence-corrected chi connectivity index (χ4v) is 2.94. The average molecular weight is 317 g/mol. The van der Waals surface area contributed by atoms with E-state index in [0.717, 1.165) is 10.4 Å². The molecule has 1 aromatic rings. The highest BCUT2D eigenvalue weighted by Gasteiger charge is 2.52. The second-order valence-corrected chi connectivity index (χ2v) is 7.07. The van der Waals surface area contributed by atoms with Crippen LogP contribution in [0.2, 0.25) is 0 Å². The lowest BCUT2D eigenvalue weighted by atomic mass is 9.77. The molecule has 1 N–H and O–H groups in total. The van der Waals surface area contributed by atoms with Crippen LogP contribution in [0.4, 0.5) is 4.79 Å². The van der Waals surface area contributed by atoms with E-state index < -0.39 is 36.4 Å². The standard InChI is InChI=1S/C16H20BNO5/c1-9-12-8-10(17-22-15(2,3)16(4,5)23-17)6-7-11(12)13(19)18(9)14(20)21/h6-9H,1-5H3,(H,20,21). The summed E-state index contributed by atoms with van der Waals surface area (Å²) >= 11 is 0. The summed E-state index contributed by atoms with van der Waals surface area (Å²) in [6.45, 7) is 9.58. The van der Waals surface area contributed by atoms with Gasteiger partial charge in [0.05, 0.1) is 17.2 Å². The molecule has 6 nitrogen and oxygen atoms in total. The van der Waals surface area contributed by atoms with Crippen molar-refractivity contribution in [3.05, 3.63) is 29.3 Å². The van der Waals surface area contributed by atoms with Crippen molar-refractivity contribution in [3.63, 3.8) is 0 Å². The van der Waals surface area contributed by atoms with Crippen molar-refractivity contribution in [2.75, 3.05) is 0 Å². The number of rotatable bonds is 1. The second-order valence-electron chi connectivity index (χ2n) is 7.07. The molecule has 2 heterocycles. The first-order chi connectivity index (χ1) is 10.5. The number of benzene rings is 1. The van der Waals surface area contributed by atoms with Gasteiger partial charge in [0.2, 0.25) is 0 Å². The van der Waals surface area contributed by atoms with Crippen LogP contribution in [0.3, 0.4) is 0 Å². The molecular formula is C16H20BNO5. The first kappa shape index (κ1) is 16.0. The molecule has 1 atom stereocenters. The molecule has 2 aliphatic heterocycles. The zero-order valence-electron chi connectivity index (χ0n) is 13.9. The van der Waals surface area contributed by atoms with Gasteiger partial charge < -0.3 is 14.4 Å². The van der Waals surface area contributed by atoms with Gasteiger partial charge in [-0.2, -0.15) is 0 Å². The largest absolute Gasteiger partial charge is 0.494 e. The molecule has 1 fully saturated rings. The normalized spacial score (nSPS) is 24.9. The summed E-state index contributed by atoms with van der Waals surface area (Å²) in [5, 5.41) is 9.20. The summed E-state index contributed by atoms with van der Waals surface area (Å²) in [6, 6.07) is 4.70. The van der Waals surface area contributed by atoms with Gasteiger partial charge in [0.1, 0.15) is 0 Å². The minimum Gasteiger partial charge on any atom is -0.465 e. The highest BCUT2D eigenvalue weighted by Crippen LogP contribution is 2.37. The van der Waals surface area contributed by atoms with Crippen molar-refractivity contribution in [2.24, 2.45) is 0 Å². The van der Waals surface area contributed by atoms with Gasteiger partial charge in [-0.15, -0.1) is 0 Å². The monoisotopic (exact) mass is 317 g/mol. The molecule has 0 saturated carbocycles. The van der Waals surface area contributed by atoms with Gasteiger partial charge in [0.15, 0.2) is 0 Å². The second kappa shape index (κ2) is 4.82. The SMILES string of the molecule is CC1c2cc(B3OC(C)(C)C(C)(C)O3)ccc2C(=O)N1C(=O)O. The van der Waals surface area contributed by atoms with Gasteiger partial charge in [-0.25, -0.2) is 9.69 Å². The van der Waals surface area contributed by atoms with Crippen LogP contribution >= 0.6 is 0 Å². The Morgan fingerprint density at radius 2 is 1.78 bits per heavy atom. The molecule has 1 unspecified atom stereocenters. The molecule has 3 rings (SSSR count). The first-order valence-electron chi connectivity index (χ1n) is 7.61. The Kier molecular flexibility index (Phi) is 3.36. The molecule has 0 radical (unpaired) electrons. The number of fused-ring (bicyclic) bond motifs is 1. The number of carbonyl (C=O) groups excluding carboxylic acids is 1. The van der Waals surface area contributed by atoms with Gasteiger partial charge in [0, 0.05) is 5.56 Å². The van der Waals surface area contributed by atoms with Gasteiger partial charge in [0.25, 0.3) is 5.91 Å². The minimum absolute atomic E-state index is 0.417. The van der Waals surface area contributed by atoms with Crippen LogP contribution in [0.5, 0.6) is 0 Å². The van der Waals surface area contributed by atoms with Gasteiger partial charge in [-0.3, -0.25) is 4.79 Å². The molecule has 7 heteroatoms. The van der Waals surface area contributed by atoms with Gasteiger partial charge >= 0.3 is 13.2 Å². The van der Waals surface area contributed by atoms with Crippen molar-refractivity contribution in [3.8, 4) is 0 Å². The fourth-order valence-electron chi connectivity index (χ4n) is 2.94. The van der Waals surface area contributed by atoms with E-state index in [1.54, 1.807) is 19.1 Å². The number of hydrogen-bond acceptors (Lipinski definition) is 4. The van der Waals surface area contributed by atoms with E-state index in [2.05, 4.69) is 0 Å². The summed E-state index contributed by atoms with van der Waals surface area (Å²) in [5.41, 5.74) is 0.982. The van der Waals surface area contributed by atoms with Crippen molar-refractivity contribution >= 4 is 24.6 Å². The van der Waals surface area contributed by atoms with Crippen molar-refractivity contribution < 1.29 is 24.0 Å². The maximum absolute atomic E-state index is 12.2. The number of amides is 2. The highest BCUT2D eigenvalue weighted by molar-refractivity contribution is 6.62. The van der Waals surface area contributed by atoms with Crippen molar-refractivity contribution in [1.29, 1.82) is 0 Å². The fraction of sp³-hybridized carbons (Fsp3) is 0.500. The maximum atomic E-state index is 12.2. The van der Waals surface area contributed by atoms with Gasteiger partial charge in [-0.05, 0) is 51.7 Å². The lowest BCUT2D eigenvalue weighted by molar-refractivity contribution is 0.00578. The Hall–Kier alpha value is -1.86. The Labute approximate surface area is 135 Å². The van der Waals surface area contributed by atoms with Crippen LogP contribution in [-0.2, 0) is 9.31 Å². The van der Waals surface area contributed by atoms with Crippen molar-refractivity contribution in [2.45, 2.75) is 51.9 Å². The lowest BCUT2D eigenvalue weighted by Gasteiger charge is -2.32. The summed E-state index contributed by atoms with van der Waals surface area (Å²) in [7, 11) is -0.536. The van der Waals surface area contributed by atoms with E-state index >= 15 is 0 Å². The van der Waals surface area contributed by atoms with E-state index in [1.165, 1.54) is 0 Å². The molecule has 1 saturated heterocycles. The lowest BCUT2D eigenvalue weighted by Crippen LogP contribution is -2.41. The number of hydrogen-bond donors (Lipinski definition) is 1. The number of imide groups is 1. The van der Waals surface area contributed by atoms with Crippen LogP contribution in [0.1, 0.15) is 56.6 Å². The van der Waals surface area contributed by atoms with E-state index in [0.29, 0.717) is 11.1 Å². The van der Waals surface area contributed by atoms with Crippen LogP contribution in [0.15, 0.2) is 18.2 Å². The third-order valence-corrected chi connectivity index (χ3v) is 5.09. The highest BCUT2D eigenvalue weighted by atomic mass is 16.7. The van der Waals surface area contributed by atoms with Crippen LogP contribution < -0.4 is 5.46 Å². The average Bonchev–Trinajstić information content (AvgIpc) is 2.81. The summed E-state index contributed by atoms with van der Waals surface area (Å²) in [5.74, 6) is -0.486. The smallest absolute Gasteiger partial charge is 0.465 e. The Morgan fingerprint density at radius 3 is 2.30 bits per heavy atom. The van der Waals surface area contributed by atoms with Gasteiger partial charge in [-0.1, -0.05) is 12.1 Å².